The fourth-order valence-corrected chi connectivity index (χ4v) is 8.36. The zero-order valence-electron chi connectivity index (χ0n) is 24.5. The normalized spacial score (nSPS) is 36.6. The Morgan fingerprint density at radius 3 is 2.68 bits per heavy atom. The molecule has 0 aliphatic carbocycles. The minimum Gasteiger partial charge on any atom is -0.382 e. The van der Waals surface area contributed by atoms with E-state index in [1.807, 2.05) is 0 Å². The van der Waals surface area contributed by atoms with E-state index in [1.54, 1.807) is 11.5 Å². The summed E-state index contributed by atoms with van der Waals surface area (Å²) < 4.78 is 86.8. The van der Waals surface area contributed by atoms with E-state index in [4.69, 9.17) is 43.8 Å². The van der Waals surface area contributed by atoms with Gasteiger partial charge in [-0.3, -0.25) is 32.5 Å². The topological polar surface area (TPSA) is 258 Å². The van der Waals surface area contributed by atoms with Crippen LogP contribution in [0.4, 0.5) is 16.2 Å². The Balaban J connectivity index is 1.24. The first-order valence-electron chi connectivity index (χ1n) is 14.1. The van der Waals surface area contributed by atoms with Crippen LogP contribution in [0.15, 0.2) is 23.8 Å². The molecule has 0 saturated carbocycles. The largest absolute Gasteiger partial charge is 0.386 e. The number of nitrogens with zero attached hydrogens (tertiary/aromatic N) is 7. The quantitative estimate of drug-likeness (QED) is 0.171. The van der Waals surface area contributed by atoms with Gasteiger partial charge in [-0.2, -0.15) is 4.98 Å². The number of fused-ring (bicyclic) bond motifs is 5. The number of nitrogen functional groups attached to an aromatic ring is 2. The Morgan fingerprint density at radius 2 is 1.94 bits per heavy atom. The van der Waals surface area contributed by atoms with E-state index in [-0.39, 0.29) is 29.4 Å². The lowest BCUT2D eigenvalue weighted by molar-refractivity contribution is -0.124. The van der Waals surface area contributed by atoms with Gasteiger partial charge in [0.1, 0.15) is 41.9 Å². The molecule has 0 radical (unpaired) electrons. The summed E-state index contributed by atoms with van der Waals surface area (Å²) in [5.74, 6) is -0.100. The van der Waals surface area contributed by atoms with Crippen molar-refractivity contribution in [3.63, 3.8) is 0 Å². The fraction of sp³-hybridized carbons (Fsp3) is 0.565. The summed E-state index contributed by atoms with van der Waals surface area (Å²) in [5, 5.41) is 0. The smallest absolute Gasteiger partial charge is 0.382 e. The van der Waals surface area contributed by atoms with E-state index in [0.717, 1.165) is 6.33 Å². The standard InChI is InChI=1S/C23H29FN10O10P2S/c1-3-23-5-40-46(37,47)44-13-10(24)9(41-20(13)34-8-30-12-18(34)31-22(26)32-19(12)35)4-39-45(36)43-15(23)14(38-2)21(42-23)33-7-29-11-16(25)27-6-28-17(11)33/h6-10,13-15,20-21,45H,3-5H2,1-2H3,(H,37,47)(H2,25,27,28)(H3,26,31,32,35)/t9-,10-,13-,14-,15+,20-,21-,23-,46?/m1/s1. The molecular formula is C23H29FN10O10P2S. The molecular weight excluding hydrogens is 689 g/mol. The molecule has 7 rings (SSSR count). The Labute approximate surface area is 269 Å². The third-order valence-corrected chi connectivity index (χ3v) is 10.7. The van der Waals surface area contributed by atoms with Gasteiger partial charge in [0, 0.05) is 7.11 Å². The van der Waals surface area contributed by atoms with Crippen LogP contribution in [0.2, 0.25) is 0 Å². The number of methoxy groups -OCH3 is 1. The molecule has 3 fully saturated rings. The molecule has 5 N–H and O–H groups in total. The SMILES string of the molecule is CC[C@@]12COP(=O)(S)O[C@@H]3[C@H](F)[C@@H](CO[PH](=O)O[C@H]1[C@@H](OC)[C@H](n1cnc4c(N)ncnc41)O2)O[C@H]3n1cnc2c(=O)[nH]c(N)nc21. The number of nitrogens with one attached hydrogen (secondary N) is 1. The number of ether oxygens (including phenoxy) is 3. The highest BCUT2D eigenvalue weighted by Gasteiger charge is 2.59. The minimum absolute atomic E-state index is 0.0607. The number of halogens is 1. The van der Waals surface area contributed by atoms with E-state index in [2.05, 4.69) is 42.2 Å². The van der Waals surface area contributed by atoms with Crippen LogP contribution >= 0.6 is 27.3 Å². The van der Waals surface area contributed by atoms with Gasteiger partial charge in [0.15, 0.2) is 41.3 Å². The van der Waals surface area contributed by atoms with Gasteiger partial charge in [-0.15, -0.1) is 0 Å². The molecule has 3 aliphatic heterocycles. The molecule has 3 saturated heterocycles. The highest BCUT2D eigenvalue weighted by atomic mass is 32.7. The Hall–Kier alpha value is -3.04. The molecule has 4 aromatic heterocycles. The van der Waals surface area contributed by atoms with Crippen LogP contribution in [0, 0.1) is 0 Å². The van der Waals surface area contributed by atoms with E-state index in [0.29, 0.717) is 11.2 Å². The predicted octanol–water partition coefficient (Wildman–Crippen LogP) is 1.30. The number of anilines is 2. The maximum Gasteiger partial charge on any atom is 0.386 e. The number of hydrogen-bond donors (Lipinski definition) is 4. The summed E-state index contributed by atoms with van der Waals surface area (Å²) in [6.07, 6.45) is -5.64. The molecule has 7 heterocycles. The van der Waals surface area contributed by atoms with E-state index < -0.39 is 82.5 Å². The molecule has 0 amide bonds. The molecule has 4 aromatic rings. The van der Waals surface area contributed by atoms with Crippen LogP contribution in [-0.2, 0) is 41.4 Å². The van der Waals surface area contributed by atoms with Crippen molar-refractivity contribution in [1.82, 2.24) is 39.0 Å². The van der Waals surface area contributed by atoms with Gasteiger partial charge in [-0.05, 0) is 6.42 Å². The first-order valence-corrected chi connectivity index (χ1v) is 18.0. The second-order valence-corrected chi connectivity index (χ2v) is 14.8. The van der Waals surface area contributed by atoms with Crippen molar-refractivity contribution in [3.8, 4) is 0 Å². The van der Waals surface area contributed by atoms with Gasteiger partial charge >= 0.3 is 15.1 Å². The molecule has 0 spiro atoms. The van der Waals surface area contributed by atoms with Crippen molar-refractivity contribution in [2.45, 2.75) is 62.0 Å². The van der Waals surface area contributed by atoms with Gasteiger partial charge < -0.3 is 34.7 Å². The summed E-state index contributed by atoms with van der Waals surface area (Å²) >= 11 is 4.15. The average molecular weight is 719 g/mol. The third-order valence-electron chi connectivity index (χ3n) is 8.29. The summed E-state index contributed by atoms with van der Waals surface area (Å²) in [6.45, 7) is -3.80. The number of rotatable bonds is 4. The van der Waals surface area contributed by atoms with Gasteiger partial charge in [0.2, 0.25) is 5.95 Å². The molecule has 24 heteroatoms. The van der Waals surface area contributed by atoms with Crippen molar-refractivity contribution >= 4 is 61.4 Å². The maximum absolute atomic E-state index is 16.0. The summed E-state index contributed by atoms with van der Waals surface area (Å²) in [7, 11) is -2.02. The number of H-pyrrole nitrogens is 1. The molecule has 10 atom stereocenters. The van der Waals surface area contributed by atoms with Gasteiger partial charge in [0.25, 0.3) is 5.56 Å². The molecule has 254 valence electrons. The predicted molar refractivity (Wildman–Crippen MR) is 162 cm³/mol. The van der Waals surface area contributed by atoms with Crippen LogP contribution in [-0.4, -0.2) is 95.6 Å². The number of aromatic amines is 1. The number of nitrogens with two attached hydrogens (primary N) is 2. The van der Waals surface area contributed by atoms with Gasteiger partial charge in [-0.25, -0.2) is 28.9 Å². The second kappa shape index (κ2) is 12.1. The fourth-order valence-electron chi connectivity index (χ4n) is 5.97. The minimum atomic E-state index is -4.44. The van der Waals surface area contributed by atoms with Crippen molar-refractivity contribution < 1.29 is 45.8 Å². The van der Waals surface area contributed by atoms with Crippen molar-refractivity contribution in [2.75, 3.05) is 31.8 Å². The zero-order valence-corrected chi connectivity index (χ0v) is 27.3. The lowest BCUT2D eigenvalue weighted by atomic mass is 9.93. The van der Waals surface area contributed by atoms with Crippen LogP contribution < -0.4 is 17.0 Å². The third kappa shape index (κ3) is 5.55. The molecule has 20 nitrogen and oxygen atoms in total. The maximum atomic E-state index is 16.0. The monoisotopic (exact) mass is 718 g/mol. The Bertz CT molecular complexity index is 1970. The zero-order chi connectivity index (χ0) is 33.2. The lowest BCUT2D eigenvalue weighted by Crippen LogP contribution is -2.47. The van der Waals surface area contributed by atoms with Gasteiger partial charge in [0.05, 0.1) is 25.9 Å². The Kier molecular flexibility index (Phi) is 8.39. The van der Waals surface area contributed by atoms with Crippen LogP contribution in [0.25, 0.3) is 22.3 Å². The van der Waals surface area contributed by atoms with Crippen LogP contribution in [0.5, 0.6) is 0 Å². The van der Waals surface area contributed by atoms with E-state index in [9.17, 15) is 13.9 Å². The van der Waals surface area contributed by atoms with Gasteiger partial charge in [-0.1, -0.05) is 19.2 Å². The van der Waals surface area contributed by atoms with Crippen molar-refractivity contribution in [1.29, 1.82) is 0 Å². The number of hydrogen-bond acceptors (Lipinski definition) is 17. The summed E-state index contributed by atoms with van der Waals surface area (Å²) in [5.41, 5.74) is 9.98. The second-order valence-electron chi connectivity index (χ2n) is 10.9. The average Bonchev–Trinajstić information content (AvgIpc) is 3.79. The summed E-state index contributed by atoms with van der Waals surface area (Å²) in [6, 6.07) is 0. The molecule has 3 aliphatic rings. The van der Waals surface area contributed by atoms with Crippen LogP contribution in [0.1, 0.15) is 25.8 Å². The molecule has 2 unspecified atom stereocenters. The number of thiol groups is 1. The highest BCUT2D eigenvalue weighted by molar-refractivity contribution is 8.44. The highest BCUT2D eigenvalue weighted by Crippen LogP contribution is 2.59. The molecule has 2 bridgehead atoms. The Morgan fingerprint density at radius 1 is 1.19 bits per heavy atom. The number of aromatic nitrogens is 8. The van der Waals surface area contributed by atoms with Crippen molar-refractivity contribution in [2.24, 2.45) is 0 Å². The van der Waals surface area contributed by atoms with Crippen molar-refractivity contribution in [3.05, 3.63) is 29.3 Å². The van der Waals surface area contributed by atoms with Crippen LogP contribution in [0.3, 0.4) is 0 Å². The van der Waals surface area contributed by atoms with E-state index in [1.165, 1.54) is 24.3 Å². The molecule has 0 aromatic carbocycles. The summed E-state index contributed by atoms with van der Waals surface area (Å²) in [4.78, 5) is 35.3. The first-order chi connectivity index (χ1) is 22.4. The lowest BCUT2D eigenvalue weighted by Gasteiger charge is -2.34. The first kappa shape index (κ1) is 32.5. The number of alkyl halides is 1. The molecule has 47 heavy (non-hydrogen) atoms. The number of imidazole rings is 2. The van der Waals surface area contributed by atoms with E-state index >= 15 is 4.39 Å².